The number of hydrogen-bond donors (Lipinski definition) is 0. The van der Waals surface area contributed by atoms with Gasteiger partial charge in [0.2, 0.25) is 0 Å². The van der Waals surface area contributed by atoms with Gasteiger partial charge in [-0.3, -0.25) is 0 Å². The van der Waals surface area contributed by atoms with E-state index in [-0.39, 0.29) is 29.7 Å². The average Bonchev–Trinajstić information content (AvgIpc) is 2.85. The molecule has 2 unspecified atom stereocenters. The van der Waals surface area contributed by atoms with E-state index in [1.54, 1.807) is 12.1 Å². The smallest absolute Gasteiger partial charge is 0.192 e. The highest BCUT2D eigenvalue weighted by Gasteiger charge is 2.35. The van der Waals surface area contributed by atoms with Crippen LogP contribution in [0.25, 0.3) is 5.57 Å². The van der Waals surface area contributed by atoms with Gasteiger partial charge in [0.1, 0.15) is 11.6 Å². The lowest BCUT2D eigenvalue weighted by Crippen LogP contribution is -2.30. The lowest BCUT2D eigenvalue weighted by atomic mass is 9.78. The minimum Gasteiger partial charge on any atom is -0.498 e. The monoisotopic (exact) mass is 460 g/mol. The van der Waals surface area contributed by atoms with E-state index in [1.165, 1.54) is 13.2 Å². The number of hydrogen-bond acceptors (Lipinski definition) is 3. The first-order valence-corrected chi connectivity index (χ1v) is 11.6. The van der Waals surface area contributed by atoms with Crippen LogP contribution < -0.4 is 0 Å². The summed E-state index contributed by atoms with van der Waals surface area (Å²) in [6, 6.07) is 5.30. The second kappa shape index (κ2) is 10.7. The van der Waals surface area contributed by atoms with Crippen LogP contribution in [0.1, 0.15) is 49.1 Å². The van der Waals surface area contributed by atoms with Gasteiger partial charge in [0.05, 0.1) is 20.3 Å². The summed E-state index contributed by atoms with van der Waals surface area (Å²) >= 11 is 0. The van der Waals surface area contributed by atoms with Crippen molar-refractivity contribution in [3.05, 3.63) is 77.4 Å². The van der Waals surface area contributed by atoms with Crippen molar-refractivity contribution in [2.45, 2.75) is 56.7 Å². The molecule has 3 atom stereocenters. The third-order valence-electron chi connectivity index (χ3n) is 6.79. The molecule has 0 amide bonds. The van der Waals surface area contributed by atoms with Crippen molar-refractivity contribution in [2.75, 3.05) is 20.3 Å². The lowest BCUT2D eigenvalue weighted by molar-refractivity contribution is -0.189. The SMILES string of the molecule is C=CCCC1OCC(c2ccc(C3=CC[C@@H](C4=CC=C(OC)C(F)C4F)CC3)c(F)c2)CO1. The van der Waals surface area contributed by atoms with Gasteiger partial charge in [0, 0.05) is 17.9 Å². The number of allylic oxidation sites excluding steroid dienone is 7. The normalized spacial score (nSPS) is 30.2. The predicted octanol–water partition coefficient (Wildman–Crippen LogP) is 6.58. The van der Waals surface area contributed by atoms with Gasteiger partial charge < -0.3 is 14.2 Å². The molecule has 6 heteroatoms. The Morgan fingerprint density at radius 1 is 1.12 bits per heavy atom. The van der Waals surface area contributed by atoms with E-state index >= 15 is 4.39 Å². The Kier molecular flexibility index (Phi) is 7.76. The second-order valence-electron chi connectivity index (χ2n) is 8.84. The van der Waals surface area contributed by atoms with Crippen LogP contribution in [0.4, 0.5) is 13.2 Å². The van der Waals surface area contributed by atoms with Crippen LogP contribution in [0.2, 0.25) is 0 Å². The first-order valence-electron chi connectivity index (χ1n) is 11.6. The second-order valence-corrected chi connectivity index (χ2v) is 8.84. The van der Waals surface area contributed by atoms with Crippen molar-refractivity contribution in [3.8, 4) is 0 Å². The molecule has 0 aromatic heterocycles. The molecule has 2 aliphatic carbocycles. The Morgan fingerprint density at radius 3 is 2.55 bits per heavy atom. The van der Waals surface area contributed by atoms with Crippen molar-refractivity contribution in [2.24, 2.45) is 5.92 Å². The molecule has 4 rings (SSSR count). The summed E-state index contributed by atoms with van der Waals surface area (Å²) < 4.78 is 60.2. The van der Waals surface area contributed by atoms with Gasteiger partial charge >= 0.3 is 0 Å². The highest BCUT2D eigenvalue weighted by atomic mass is 19.2. The Labute approximate surface area is 193 Å². The van der Waals surface area contributed by atoms with Crippen molar-refractivity contribution in [1.82, 2.24) is 0 Å². The zero-order valence-electron chi connectivity index (χ0n) is 18.9. The van der Waals surface area contributed by atoms with E-state index in [1.807, 2.05) is 24.3 Å². The van der Waals surface area contributed by atoms with Crippen molar-refractivity contribution in [3.63, 3.8) is 0 Å². The lowest BCUT2D eigenvalue weighted by Gasteiger charge is -2.31. The maximum absolute atomic E-state index is 15.0. The fourth-order valence-corrected chi connectivity index (χ4v) is 4.80. The zero-order chi connectivity index (χ0) is 23.4. The van der Waals surface area contributed by atoms with Crippen molar-refractivity contribution >= 4 is 5.57 Å². The third-order valence-corrected chi connectivity index (χ3v) is 6.79. The zero-order valence-corrected chi connectivity index (χ0v) is 18.9. The molecule has 0 spiro atoms. The maximum atomic E-state index is 15.0. The van der Waals surface area contributed by atoms with Gasteiger partial charge in [-0.05, 0) is 60.5 Å². The highest BCUT2D eigenvalue weighted by Crippen LogP contribution is 2.40. The van der Waals surface area contributed by atoms with Gasteiger partial charge in [-0.1, -0.05) is 30.4 Å². The molecule has 1 aliphatic heterocycles. The van der Waals surface area contributed by atoms with E-state index in [0.29, 0.717) is 43.6 Å². The molecule has 0 bridgehead atoms. The van der Waals surface area contributed by atoms with Gasteiger partial charge in [-0.15, -0.1) is 6.58 Å². The number of benzene rings is 1. The maximum Gasteiger partial charge on any atom is 0.192 e. The van der Waals surface area contributed by atoms with Gasteiger partial charge in [-0.2, -0.15) is 0 Å². The number of methoxy groups -OCH3 is 1. The molecule has 0 N–H and O–H groups in total. The Balaban J connectivity index is 1.40. The molecule has 1 aromatic rings. The summed E-state index contributed by atoms with van der Waals surface area (Å²) in [6.45, 7) is 4.70. The number of rotatable bonds is 7. The molecule has 1 saturated heterocycles. The molecule has 1 fully saturated rings. The summed E-state index contributed by atoms with van der Waals surface area (Å²) in [4.78, 5) is 0. The molecule has 1 heterocycles. The third kappa shape index (κ3) is 5.28. The van der Waals surface area contributed by atoms with E-state index in [9.17, 15) is 8.78 Å². The van der Waals surface area contributed by atoms with E-state index < -0.39 is 12.3 Å². The molecule has 0 saturated carbocycles. The predicted molar refractivity (Wildman–Crippen MR) is 123 cm³/mol. The molecular formula is C27H31F3O3. The van der Waals surface area contributed by atoms with Crippen LogP contribution in [-0.4, -0.2) is 39.0 Å². The molecule has 178 valence electrons. The summed E-state index contributed by atoms with van der Waals surface area (Å²) in [5, 5.41) is 0. The van der Waals surface area contributed by atoms with E-state index in [2.05, 4.69) is 6.58 Å². The number of ether oxygens (including phenoxy) is 3. The molecule has 3 nitrogen and oxygen atoms in total. The largest absolute Gasteiger partial charge is 0.498 e. The first-order chi connectivity index (χ1) is 16.0. The Bertz CT molecular complexity index is 944. The van der Waals surface area contributed by atoms with Crippen LogP contribution in [0, 0.1) is 11.7 Å². The Morgan fingerprint density at radius 2 is 1.91 bits per heavy atom. The van der Waals surface area contributed by atoms with Crippen LogP contribution in [0.15, 0.2) is 60.4 Å². The van der Waals surface area contributed by atoms with E-state index in [4.69, 9.17) is 14.2 Å². The fraction of sp³-hybridized carbons (Fsp3) is 0.481. The minimum absolute atomic E-state index is 0.00309. The van der Waals surface area contributed by atoms with Crippen LogP contribution >= 0.6 is 0 Å². The average molecular weight is 461 g/mol. The minimum atomic E-state index is -1.77. The summed E-state index contributed by atoms with van der Waals surface area (Å²) in [5.41, 5.74) is 2.79. The van der Waals surface area contributed by atoms with Gasteiger partial charge in [-0.25, -0.2) is 13.2 Å². The highest BCUT2D eigenvalue weighted by molar-refractivity contribution is 5.67. The Hall–Kier alpha value is -2.31. The molecule has 3 aliphatic rings. The molecule has 0 radical (unpaired) electrons. The van der Waals surface area contributed by atoms with E-state index in [0.717, 1.165) is 24.0 Å². The van der Waals surface area contributed by atoms with Gasteiger partial charge in [0.25, 0.3) is 0 Å². The molecular weight excluding hydrogens is 429 g/mol. The number of alkyl halides is 2. The quantitative estimate of drug-likeness (QED) is 0.430. The number of halogens is 3. The summed E-state index contributed by atoms with van der Waals surface area (Å²) in [7, 11) is 1.34. The van der Waals surface area contributed by atoms with Crippen LogP contribution in [0.3, 0.4) is 0 Å². The standard InChI is InChI=1S/C27H31F3O3/c1-3-4-5-25-32-15-20(16-33-25)19-10-11-21(23(28)14-19)17-6-8-18(9-7-17)22-12-13-24(31-2)27(30)26(22)29/h3,6,10-14,18,20,25-27H,1,4-5,7-9,15-16H2,2H3/t18-,20?,25?,26?,27?/m1/s1. The van der Waals surface area contributed by atoms with Crippen LogP contribution in [-0.2, 0) is 14.2 Å². The topological polar surface area (TPSA) is 27.7 Å². The molecule has 33 heavy (non-hydrogen) atoms. The van der Waals surface area contributed by atoms with Gasteiger partial charge in [0.15, 0.2) is 18.6 Å². The van der Waals surface area contributed by atoms with Crippen molar-refractivity contribution < 1.29 is 27.4 Å². The van der Waals surface area contributed by atoms with Crippen LogP contribution in [0.5, 0.6) is 0 Å². The fourth-order valence-electron chi connectivity index (χ4n) is 4.80. The first kappa shape index (κ1) is 23.8. The summed E-state index contributed by atoms with van der Waals surface area (Å²) in [6.07, 6.45) is 6.67. The van der Waals surface area contributed by atoms with Crippen molar-refractivity contribution in [1.29, 1.82) is 0 Å². The summed E-state index contributed by atoms with van der Waals surface area (Å²) in [5.74, 6) is -0.356. The molecule has 1 aromatic carbocycles.